The van der Waals surface area contributed by atoms with Crippen molar-refractivity contribution in [2.24, 2.45) is 10.9 Å². The second kappa shape index (κ2) is 11.0. The number of morpholine rings is 1. The Bertz CT molecular complexity index is 390. The van der Waals surface area contributed by atoms with Gasteiger partial charge in [0.15, 0.2) is 5.96 Å². The van der Waals surface area contributed by atoms with Gasteiger partial charge in [0, 0.05) is 38.6 Å². The number of rotatable bonds is 7. The summed E-state index contributed by atoms with van der Waals surface area (Å²) in [4.78, 5) is 18.4. The van der Waals surface area contributed by atoms with Crippen molar-refractivity contribution in [3.05, 3.63) is 0 Å². The zero-order chi connectivity index (χ0) is 15.8. The van der Waals surface area contributed by atoms with Crippen molar-refractivity contribution in [3.63, 3.8) is 0 Å². The van der Waals surface area contributed by atoms with Crippen LogP contribution in [0.4, 0.5) is 0 Å². The molecule has 8 heteroatoms. The number of aliphatic imine (C=N–C) groups is 1. The molecule has 1 aliphatic carbocycles. The van der Waals surface area contributed by atoms with Crippen LogP contribution in [-0.2, 0) is 9.53 Å². The lowest BCUT2D eigenvalue weighted by Gasteiger charge is -2.29. The first-order valence-corrected chi connectivity index (χ1v) is 8.29. The molecule has 1 atom stereocenters. The molecule has 1 heterocycles. The molecule has 0 aromatic carbocycles. The second-order valence-electron chi connectivity index (χ2n) is 5.97. The molecule has 1 unspecified atom stereocenters. The third-order valence-corrected chi connectivity index (χ3v) is 3.80. The number of hydrogen-bond acceptors (Lipinski definition) is 4. The lowest BCUT2D eigenvalue weighted by atomic mass is 10.3. The topological polar surface area (TPSA) is 78.0 Å². The maximum atomic E-state index is 11.5. The molecular weight excluding hydrogens is 409 g/mol. The van der Waals surface area contributed by atoms with Gasteiger partial charge in [-0.3, -0.25) is 9.79 Å². The first-order chi connectivity index (χ1) is 10.7. The monoisotopic (exact) mass is 439 g/mol. The van der Waals surface area contributed by atoms with Gasteiger partial charge in [-0.05, 0) is 26.8 Å². The molecule has 1 saturated heterocycles. The molecule has 0 bridgehead atoms. The van der Waals surface area contributed by atoms with E-state index in [0.29, 0.717) is 19.6 Å². The van der Waals surface area contributed by atoms with E-state index in [0.717, 1.165) is 45.0 Å². The maximum Gasteiger partial charge on any atom is 0.223 e. The summed E-state index contributed by atoms with van der Waals surface area (Å²) in [5.74, 6) is 1.23. The molecule has 2 aliphatic rings. The number of nitrogens with zero attached hydrogens (tertiary/aromatic N) is 2. The Morgan fingerprint density at radius 2 is 2.00 bits per heavy atom. The summed E-state index contributed by atoms with van der Waals surface area (Å²) in [5, 5.41) is 9.39. The molecule has 7 nitrogen and oxygen atoms in total. The number of guanidine groups is 1. The fourth-order valence-corrected chi connectivity index (χ4v) is 2.37. The van der Waals surface area contributed by atoms with E-state index < -0.39 is 0 Å². The number of amides is 1. The summed E-state index contributed by atoms with van der Waals surface area (Å²) in [6, 6.07) is 0. The summed E-state index contributed by atoms with van der Waals surface area (Å²) >= 11 is 0. The zero-order valence-corrected chi connectivity index (χ0v) is 16.5. The third kappa shape index (κ3) is 8.16. The quantitative estimate of drug-likeness (QED) is 0.226. The first-order valence-electron chi connectivity index (χ1n) is 8.29. The summed E-state index contributed by atoms with van der Waals surface area (Å²) in [5.41, 5.74) is 0. The van der Waals surface area contributed by atoms with Crippen LogP contribution in [0.25, 0.3) is 0 Å². The van der Waals surface area contributed by atoms with E-state index in [1.807, 2.05) is 6.92 Å². The van der Waals surface area contributed by atoms with Gasteiger partial charge in [0.05, 0.1) is 19.3 Å². The Morgan fingerprint density at radius 3 is 2.65 bits per heavy atom. The Kier molecular flexibility index (Phi) is 9.80. The molecule has 0 aromatic heterocycles. The zero-order valence-electron chi connectivity index (χ0n) is 14.1. The molecule has 0 spiro atoms. The molecule has 2 rings (SSSR count). The molecule has 0 radical (unpaired) electrons. The standard InChI is InChI=1S/C15H29N5O2.HI/c1-3-16-15(18-7-6-17-14(21)12-4-5-12)19-10-13-11-20(2)8-9-22-13;/h12-13H,3-11H2,1-2H3,(H,17,21)(H2,16,18,19);1H. The smallest absolute Gasteiger partial charge is 0.223 e. The summed E-state index contributed by atoms with van der Waals surface area (Å²) in [6.45, 7) is 7.47. The van der Waals surface area contributed by atoms with Gasteiger partial charge >= 0.3 is 0 Å². The van der Waals surface area contributed by atoms with E-state index >= 15 is 0 Å². The average Bonchev–Trinajstić information content (AvgIpc) is 3.33. The van der Waals surface area contributed by atoms with Crippen LogP contribution >= 0.6 is 24.0 Å². The lowest BCUT2D eigenvalue weighted by molar-refractivity contribution is -0.122. The van der Waals surface area contributed by atoms with Crippen molar-refractivity contribution in [2.45, 2.75) is 25.9 Å². The fourth-order valence-electron chi connectivity index (χ4n) is 2.37. The van der Waals surface area contributed by atoms with Crippen LogP contribution in [-0.4, -0.2) is 75.8 Å². The van der Waals surface area contributed by atoms with E-state index in [-0.39, 0.29) is 41.9 Å². The van der Waals surface area contributed by atoms with Crippen LogP contribution in [0.3, 0.4) is 0 Å². The SMILES string of the molecule is CCNC(=NCC1CN(C)CCO1)NCCNC(=O)C1CC1.I. The maximum absolute atomic E-state index is 11.5. The van der Waals surface area contributed by atoms with Gasteiger partial charge in [0.2, 0.25) is 5.91 Å². The molecule has 23 heavy (non-hydrogen) atoms. The Hall–Kier alpha value is -0.610. The van der Waals surface area contributed by atoms with Crippen LogP contribution in [0.15, 0.2) is 4.99 Å². The summed E-state index contributed by atoms with van der Waals surface area (Å²) < 4.78 is 5.71. The van der Waals surface area contributed by atoms with E-state index in [9.17, 15) is 4.79 Å². The minimum Gasteiger partial charge on any atom is -0.374 e. The molecule has 1 amide bonds. The molecule has 134 valence electrons. The first kappa shape index (κ1) is 20.4. The molecule has 0 aromatic rings. The van der Waals surface area contributed by atoms with Gasteiger partial charge in [-0.2, -0.15) is 0 Å². The van der Waals surface area contributed by atoms with Gasteiger partial charge in [-0.1, -0.05) is 0 Å². The number of ether oxygens (including phenoxy) is 1. The highest BCUT2D eigenvalue weighted by atomic mass is 127. The normalized spacial score (nSPS) is 22.2. The van der Waals surface area contributed by atoms with Gasteiger partial charge in [0.1, 0.15) is 0 Å². The largest absolute Gasteiger partial charge is 0.374 e. The van der Waals surface area contributed by atoms with Gasteiger partial charge in [0.25, 0.3) is 0 Å². The number of likely N-dealkylation sites (N-methyl/N-ethyl adjacent to an activating group) is 1. The predicted molar refractivity (Wildman–Crippen MR) is 102 cm³/mol. The van der Waals surface area contributed by atoms with E-state index in [4.69, 9.17) is 4.74 Å². The summed E-state index contributed by atoms with van der Waals surface area (Å²) in [6.07, 6.45) is 2.24. The Balaban J connectivity index is 0.00000264. The van der Waals surface area contributed by atoms with Crippen molar-refractivity contribution in [3.8, 4) is 0 Å². The highest BCUT2D eigenvalue weighted by Crippen LogP contribution is 2.28. The van der Waals surface area contributed by atoms with Crippen LogP contribution in [0.1, 0.15) is 19.8 Å². The van der Waals surface area contributed by atoms with Gasteiger partial charge in [-0.15, -0.1) is 24.0 Å². The van der Waals surface area contributed by atoms with Crippen molar-refractivity contribution >= 4 is 35.8 Å². The van der Waals surface area contributed by atoms with Crippen LogP contribution < -0.4 is 16.0 Å². The van der Waals surface area contributed by atoms with Crippen molar-refractivity contribution in [2.75, 3.05) is 52.9 Å². The highest BCUT2D eigenvalue weighted by molar-refractivity contribution is 14.0. The number of nitrogens with one attached hydrogen (secondary N) is 3. The highest BCUT2D eigenvalue weighted by Gasteiger charge is 2.28. The van der Waals surface area contributed by atoms with E-state index in [1.165, 1.54) is 0 Å². The van der Waals surface area contributed by atoms with E-state index in [2.05, 4.69) is 32.9 Å². The number of carbonyl (C=O) groups excluding carboxylic acids is 1. The fraction of sp³-hybridized carbons (Fsp3) is 0.867. The summed E-state index contributed by atoms with van der Waals surface area (Å²) in [7, 11) is 2.10. The van der Waals surface area contributed by atoms with Crippen LogP contribution in [0, 0.1) is 5.92 Å². The van der Waals surface area contributed by atoms with E-state index in [1.54, 1.807) is 0 Å². The molecule has 2 fully saturated rings. The second-order valence-corrected chi connectivity index (χ2v) is 5.97. The van der Waals surface area contributed by atoms with Crippen LogP contribution in [0.2, 0.25) is 0 Å². The number of halogens is 1. The number of hydrogen-bond donors (Lipinski definition) is 3. The average molecular weight is 439 g/mol. The Labute approximate surface area is 156 Å². The third-order valence-electron chi connectivity index (χ3n) is 3.80. The predicted octanol–water partition coefficient (Wildman–Crippen LogP) is 0.0163. The molecular formula is C15H30IN5O2. The lowest BCUT2D eigenvalue weighted by Crippen LogP contribution is -2.44. The van der Waals surface area contributed by atoms with Gasteiger partial charge < -0.3 is 25.6 Å². The molecule has 1 aliphatic heterocycles. The number of carbonyl (C=O) groups is 1. The van der Waals surface area contributed by atoms with Crippen LogP contribution in [0.5, 0.6) is 0 Å². The van der Waals surface area contributed by atoms with Crippen molar-refractivity contribution in [1.82, 2.24) is 20.9 Å². The van der Waals surface area contributed by atoms with Gasteiger partial charge in [-0.25, -0.2) is 0 Å². The molecule has 3 N–H and O–H groups in total. The molecule has 1 saturated carbocycles. The Morgan fingerprint density at radius 1 is 1.26 bits per heavy atom. The minimum atomic E-state index is 0. The minimum absolute atomic E-state index is 0. The van der Waals surface area contributed by atoms with Crippen molar-refractivity contribution in [1.29, 1.82) is 0 Å². The van der Waals surface area contributed by atoms with Crippen molar-refractivity contribution < 1.29 is 9.53 Å².